The Labute approximate surface area is 185 Å². The molecule has 2 unspecified atom stereocenters. The summed E-state index contributed by atoms with van der Waals surface area (Å²) in [4.78, 5) is 19.0. The summed E-state index contributed by atoms with van der Waals surface area (Å²) in [5.74, 6) is 0.0342. The number of nitrogens with zero attached hydrogens (tertiary/aromatic N) is 1. The Kier molecular flexibility index (Phi) is 5.58. The normalized spacial score (nSPS) is 23.3. The molecule has 0 aliphatic carbocycles. The van der Waals surface area contributed by atoms with Crippen molar-refractivity contribution in [2.24, 2.45) is 5.41 Å². The summed E-state index contributed by atoms with van der Waals surface area (Å²) in [6.45, 7) is 5.46. The first-order valence-electron chi connectivity index (χ1n) is 11.9. The smallest absolute Gasteiger partial charge is 0.251 e. The second-order valence-electron chi connectivity index (χ2n) is 9.30. The van der Waals surface area contributed by atoms with Crippen molar-refractivity contribution in [1.29, 1.82) is 0 Å². The number of para-hydroxylation sites is 1. The summed E-state index contributed by atoms with van der Waals surface area (Å²) in [6, 6.07) is 18.8. The molecule has 3 aromatic rings. The Morgan fingerprint density at radius 3 is 2.77 bits per heavy atom. The number of hydrogen-bond acceptors (Lipinski definition) is 2. The van der Waals surface area contributed by atoms with Gasteiger partial charge in [-0.3, -0.25) is 9.69 Å². The molecular formula is C27H33N3O. The lowest BCUT2D eigenvalue weighted by molar-refractivity contribution is -0.00845. The second kappa shape index (κ2) is 8.51. The van der Waals surface area contributed by atoms with E-state index >= 15 is 0 Å². The van der Waals surface area contributed by atoms with E-state index in [1.54, 1.807) is 0 Å². The number of carbonyl (C=O) groups is 1. The van der Waals surface area contributed by atoms with Gasteiger partial charge in [-0.15, -0.1) is 0 Å². The van der Waals surface area contributed by atoms with E-state index in [1.807, 2.05) is 30.3 Å². The summed E-state index contributed by atoms with van der Waals surface area (Å²) < 4.78 is 0. The number of aromatic nitrogens is 1. The van der Waals surface area contributed by atoms with Gasteiger partial charge in [0.15, 0.2) is 0 Å². The van der Waals surface area contributed by atoms with Gasteiger partial charge in [-0.25, -0.2) is 0 Å². The van der Waals surface area contributed by atoms with E-state index in [1.165, 1.54) is 48.0 Å². The highest BCUT2D eigenvalue weighted by Gasteiger charge is 2.46. The predicted octanol–water partition coefficient (Wildman–Crippen LogP) is 5.47. The van der Waals surface area contributed by atoms with Crippen LogP contribution >= 0.6 is 0 Å². The molecule has 5 rings (SSSR count). The average molecular weight is 416 g/mol. The summed E-state index contributed by atoms with van der Waals surface area (Å²) in [7, 11) is 0. The topological polar surface area (TPSA) is 48.1 Å². The van der Waals surface area contributed by atoms with Gasteiger partial charge in [0.2, 0.25) is 0 Å². The lowest BCUT2D eigenvalue weighted by Gasteiger charge is -2.52. The molecule has 2 aliphatic heterocycles. The van der Waals surface area contributed by atoms with Crippen LogP contribution in [-0.4, -0.2) is 35.4 Å². The van der Waals surface area contributed by atoms with E-state index < -0.39 is 0 Å². The van der Waals surface area contributed by atoms with E-state index in [9.17, 15) is 4.79 Å². The maximum atomic E-state index is 12.4. The number of piperidine rings is 1. The van der Waals surface area contributed by atoms with Crippen molar-refractivity contribution in [2.75, 3.05) is 19.6 Å². The van der Waals surface area contributed by atoms with Crippen LogP contribution in [0.1, 0.15) is 66.7 Å². The number of H-pyrrole nitrogens is 1. The number of aromatic amines is 1. The Hall–Kier alpha value is -2.59. The molecule has 0 bridgehead atoms. The molecule has 2 atom stereocenters. The fourth-order valence-corrected chi connectivity index (χ4v) is 6.14. The Balaban J connectivity index is 1.34. The van der Waals surface area contributed by atoms with Crippen molar-refractivity contribution in [3.8, 4) is 0 Å². The zero-order valence-corrected chi connectivity index (χ0v) is 18.5. The molecule has 0 saturated carbocycles. The van der Waals surface area contributed by atoms with Crippen LogP contribution in [-0.2, 0) is 6.42 Å². The Bertz CT molecular complexity index is 1060. The van der Waals surface area contributed by atoms with Gasteiger partial charge in [-0.1, -0.05) is 43.3 Å². The average Bonchev–Trinajstić information content (AvgIpc) is 3.21. The lowest BCUT2D eigenvalue weighted by Crippen LogP contribution is -2.49. The predicted molar refractivity (Wildman–Crippen MR) is 126 cm³/mol. The van der Waals surface area contributed by atoms with Crippen LogP contribution in [0.2, 0.25) is 0 Å². The molecule has 2 N–H and O–H groups in total. The van der Waals surface area contributed by atoms with Crippen LogP contribution in [0.3, 0.4) is 0 Å². The van der Waals surface area contributed by atoms with Crippen LogP contribution in [0.5, 0.6) is 0 Å². The van der Waals surface area contributed by atoms with E-state index in [2.05, 4.69) is 46.4 Å². The van der Waals surface area contributed by atoms with Crippen molar-refractivity contribution in [2.45, 2.75) is 51.5 Å². The highest BCUT2D eigenvalue weighted by atomic mass is 16.1. The standard InChI is InChI=1S/C27H33N3O/c1-2-27(15-8-17-28-26(31)20-10-4-3-5-11-20)16-9-18-30-19-14-22-21-12-6-7-13-23(21)29-24(22)25(27)30/h3-7,10-13,25,29H,2,8-9,14-19H2,1H3,(H,28,31). The second-order valence-corrected chi connectivity index (χ2v) is 9.30. The minimum absolute atomic E-state index is 0.0342. The van der Waals surface area contributed by atoms with E-state index in [-0.39, 0.29) is 11.3 Å². The van der Waals surface area contributed by atoms with Gasteiger partial charge >= 0.3 is 0 Å². The quantitative estimate of drug-likeness (QED) is 0.525. The van der Waals surface area contributed by atoms with Crippen molar-refractivity contribution >= 4 is 16.8 Å². The third-order valence-corrected chi connectivity index (χ3v) is 7.71. The van der Waals surface area contributed by atoms with Gasteiger partial charge in [0, 0.05) is 35.2 Å². The summed E-state index contributed by atoms with van der Waals surface area (Å²) >= 11 is 0. The first-order valence-corrected chi connectivity index (χ1v) is 11.9. The summed E-state index contributed by atoms with van der Waals surface area (Å²) in [6.07, 6.45) is 7.03. The van der Waals surface area contributed by atoms with Crippen LogP contribution in [0.25, 0.3) is 10.9 Å². The van der Waals surface area contributed by atoms with Crippen molar-refractivity contribution in [3.63, 3.8) is 0 Å². The minimum Gasteiger partial charge on any atom is -0.357 e. The minimum atomic E-state index is 0.0342. The zero-order chi connectivity index (χ0) is 21.3. The fourth-order valence-electron chi connectivity index (χ4n) is 6.14. The van der Waals surface area contributed by atoms with Gasteiger partial charge in [0.25, 0.3) is 5.91 Å². The van der Waals surface area contributed by atoms with Crippen molar-refractivity contribution in [3.05, 3.63) is 71.4 Å². The third kappa shape index (κ3) is 3.67. The highest BCUT2D eigenvalue weighted by Crippen LogP contribution is 2.53. The molecule has 0 spiro atoms. The molecule has 4 heteroatoms. The molecule has 1 fully saturated rings. The molecule has 4 nitrogen and oxygen atoms in total. The number of carbonyl (C=O) groups excluding carboxylic acids is 1. The van der Waals surface area contributed by atoms with Crippen LogP contribution in [0.15, 0.2) is 54.6 Å². The van der Waals surface area contributed by atoms with E-state index in [0.717, 1.165) is 37.9 Å². The molecule has 31 heavy (non-hydrogen) atoms. The van der Waals surface area contributed by atoms with Gasteiger partial charge in [0.1, 0.15) is 0 Å². The molecule has 162 valence electrons. The van der Waals surface area contributed by atoms with Crippen LogP contribution < -0.4 is 5.32 Å². The molecule has 2 aromatic carbocycles. The molecule has 1 saturated heterocycles. The van der Waals surface area contributed by atoms with Gasteiger partial charge in [0.05, 0.1) is 6.04 Å². The van der Waals surface area contributed by atoms with Crippen LogP contribution in [0.4, 0.5) is 0 Å². The van der Waals surface area contributed by atoms with Gasteiger partial charge < -0.3 is 10.3 Å². The Morgan fingerprint density at radius 2 is 1.94 bits per heavy atom. The van der Waals surface area contributed by atoms with Gasteiger partial charge in [-0.2, -0.15) is 0 Å². The number of hydrogen-bond donors (Lipinski definition) is 2. The van der Waals surface area contributed by atoms with E-state index in [4.69, 9.17) is 0 Å². The molecule has 0 radical (unpaired) electrons. The zero-order valence-electron chi connectivity index (χ0n) is 18.5. The summed E-state index contributed by atoms with van der Waals surface area (Å²) in [5, 5.41) is 4.54. The molecular weight excluding hydrogens is 382 g/mol. The van der Waals surface area contributed by atoms with Crippen LogP contribution in [0, 0.1) is 5.41 Å². The third-order valence-electron chi connectivity index (χ3n) is 7.71. The number of nitrogens with one attached hydrogen (secondary N) is 2. The number of rotatable bonds is 6. The first kappa shape index (κ1) is 20.3. The molecule has 1 amide bonds. The molecule has 2 aliphatic rings. The number of fused-ring (bicyclic) bond motifs is 5. The van der Waals surface area contributed by atoms with Crippen molar-refractivity contribution < 1.29 is 4.79 Å². The number of amides is 1. The van der Waals surface area contributed by atoms with Crippen molar-refractivity contribution in [1.82, 2.24) is 15.2 Å². The monoisotopic (exact) mass is 415 g/mol. The lowest BCUT2D eigenvalue weighted by atomic mass is 9.65. The maximum absolute atomic E-state index is 12.4. The maximum Gasteiger partial charge on any atom is 0.251 e. The molecule has 1 aromatic heterocycles. The van der Waals surface area contributed by atoms with Gasteiger partial charge in [-0.05, 0) is 74.2 Å². The largest absolute Gasteiger partial charge is 0.357 e. The molecule has 3 heterocycles. The number of benzene rings is 2. The first-order chi connectivity index (χ1) is 15.2. The highest BCUT2D eigenvalue weighted by molar-refractivity contribution is 5.94. The SMILES string of the molecule is CCC1(CCCNC(=O)c2ccccc2)CCCN2CCc3c([nH]c4ccccc34)C21. The summed E-state index contributed by atoms with van der Waals surface area (Å²) in [5.41, 5.74) is 5.29. The Morgan fingerprint density at radius 1 is 1.13 bits per heavy atom. The van der Waals surface area contributed by atoms with E-state index in [0.29, 0.717) is 6.04 Å². The fraction of sp³-hybridized carbons (Fsp3) is 0.444.